The minimum atomic E-state index is -1.21. The highest BCUT2D eigenvalue weighted by atomic mass is 16.6. The van der Waals surface area contributed by atoms with Crippen molar-refractivity contribution in [3.63, 3.8) is 0 Å². The summed E-state index contributed by atoms with van der Waals surface area (Å²) in [5.74, 6) is 0.861. The lowest BCUT2D eigenvalue weighted by molar-refractivity contribution is -0.384. The van der Waals surface area contributed by atoms with E-state index in [2.05, 4.69) is 21.2 Å². The zero-order valence-electron chi connectivity index (χ0n) is 23.9. The minimum absolute atomic E-state index is 0.0462. The molecule has 226 valence electrons. The van der Waals surface area contributed by atoms with E-state index >= 15 is 0 Å². The number of nitrogens with zero attached hydrogens (tertiary/aromatic N) is 2. The number of allylic oxidation sites excluding steroid dienone is 1. The first-order chi connectivity index (χ1) is 20.6. The lowest BCUT2D eigenvalue weighted by Gasteiger charge is -2.28. The molecule has 2 atom stereocenters. The number of ether oxygens (including phenoxy) is 3. The van der Waals surface area contributed by atoms with E-state index in [-0.39, 0.29) is 17.9 Å². The number of aryl methyl sites for hydroxylation is 1. The van der Waals surface area contributed by atoms with Crippen molar-refractivity contribution in [2.24, 2.45) is 5.10 Å². The predicted molar refractivity (Wildman–Crippen MR) is 155 cm³/mol. The monoisotopic (exact) mass is 593 g/mol. The molecule has 43 heavy (non-hydrogen) atoms. The number of non-ortho nitro benzene ring substituents is 1. The summed E-state index contributed by atoms with van der Waals surface area (Å²) in [7, 11) is 1.26. The van der Waals surface area contributed by atoms with Crippen LogP contribution >= 0.6 is 0 Å². The van der Waals surface area contributed by atoms with Gasteiger partial charge in [0.1, 0.15) is 18.1 Å². The maximum absolute atomic E-state index is 12.4. The number of aliphatic hydroxyl groups excluding tert-OH is 1. The molecule has 0 fully saturated rings. The third-order valence-electron chi connectivity index (χ3n) is 6.41. The topological polar surface area (TPSA) is 187 Å². The van der Waals surface area contributed by atoms with Crippen molar-refractivity contribution in [3.8, 4) is 22.8 Å². The average Bonchev–Trinajstić information content (AvgIpc) is 3.44. The molecule has 3 aromatic rings. The van der Waals surface area contributed by atoms with Crippen molar-refractivity contribution >= 4 is 23.9 Å². The van der Waals surface area contributed by atoms with E-state index in [1.165, 1.54) is 25.5 Å². The number of hydrazone groups is 1. The number of esters is 1. The van der Waals surface area contributed by atoms with Crippen LogP contribution in [0.2, 0.25) is 0 Å². The summed E-state index contributed by atoms with van der Waals surface area (Å²) in [5, 5.41) is 30.7. The quantitative estimate of drug-likeness (QED) is 0.0793. The van der Waals surface area contributed by atoms with Crippen molar-refractivity contribution in [1.82, 2.24) is 16.1 Å². The smallest absolute Gasteiger partial charge is 0.337 e. The molecule has 14 nitrogen and oxygen atoms in total. The largest absolute Gasteiger partial charge is 0.490 e. The first kappa shape index (κ1) is 30.6. The molecular weight excluding hydrogens is 562 g/mol. The van der Waals surface area contributed by atoms with Crippen LogP contribution in [0.25, 0.3) is 11.3 Å². The maximum atomic E-state index is 12.4. The number of carbonyl (C=O) groups excluding carboxylic acids is 2. The summed E-state index contributed by atoms with van der Waals surface area (Å²) in [5.41, 5.74) is 5.07. The summed E-state index contributed by atoms with van der Waals surface area (Å²) in [6.07, 6.45) is 0.140. The van der Waals surface area contributed by atoms with Crippen LogP contribution in [0, 0.1) is 17.0 Å². The van der Waals surface area contributed by atoms with Crippen LogP contribution in [0.3, 0.4) is 0 Å². The van der Waals surface area contributed by atoms with Gasteiger partial charge in [-0.05, 0) is 56.2 Å². The molecule has 0 radical (unpaired) electrons. The van der Waals surface area contributed by atoms with E-state index in [0.717, 1.165) is 5.56 Å². The number of urea groups is 1. The van der Waals surface area contributed by atoms with E-state index in [4.69, 9.17) is 18.6 Å². The van der Waals surface area contributed by atoms with Crippen molar-refractivity contribution in [2.45, 2.75) is 33.0 Å². The highest BCUT2D eigenvalue weighted by molar-refractivity contribution is 5.95. The SMILES string of the molecule is CCOc1cc([C@H]2NC(=O)NC(C)=C2C(=O)OC)ccc1OC[C@@H](O)N/N=C\c1ccc(-c2cc([N+](=O)[O-])ccc2C)o1. The number of hydrogen-bond donors (Lipinski definition) is 4. The normalized spacial score (nSPS) is 15.5. The molecule has 0 bridgehead atoms. The fraction of sp³-hybridized carbons (Fsp3) is 0.276. The predicted octanol–water partition coefficient (Wildman–Crippen LogP) is 3.68. The Kier molecular flexibility index (Phi) is 9.62. The van der Waals surface area contributed by atoms with Gasteiger partial charge in [-0.25, -0.2) is 9.59 Å². The molecule has 1 aromatic heterocycles. The van der Waals surface area contributed by atoms with Crippen LogP contribution in [0.5, 0.6) is 11.5 Å². The van der Waals surface area contributed by atoms with Gasteiger partial charge >= 0.3 is 12.0 Å². The van der Waals surface area contributed by atoms with Gasteiger partial charge in [-0.3, -0.25) is 15.5 Å². The van der Waals surface area contributed by atoms with E-state index in [0.29, 0.717) is 46.5 Å². The minimum Gasteiger partial charge on any atom is -0.490 e. The molecule has 2 heterocycles. The molecule has 0 saturated carbocycles. The third-order valence-corrected chi connectivity index (χ3v) is 6.41. The second kappa shape index (κ2) is 13.5. The fourth-order valence-corrected chi connectivity index (χ4v) is 4.37. The molecule has 4 N–H and O–H groups in total. The van der Waals surface area contributed by atoms with Crippen LogP contribution in [0.4, 0.5) is 10.5 Å². The third kappa shape index (κ3) is 7.29. The second-order valence-electron chi connectivity index (χ2n) is 9.37. The molecule has 2 amide bonds. The van der Waals surface area contributed by atoms with Crippen molar-refractivity contribution < 1.29 is 38.2 Å². The molecule has 0 spiro atoms. The molecular formula is C29H31N5O9. The zero-order chi connectivity index (χ0) is 31.1. The molecule has 2 aromatic carbocycles. The number of furan rings is 1. The van der Waals surface area contributed by atoms with Gasteiger partial charge in [-0.15, -0.1) is 0 Å². The number of benzene rings is 2. The van der Waals surface area contributed by atoms with Gasteiger partial charge in [0.05, 0.1) is 36.5 Å². The summed E-state index contributed by atoms with van der Waals surface area (Å²) in [6, 6.07) is 11.5. The molecule has 14 heteroatoms. The Hall–Kier alpha value is -5.37. The molecule has 4 rings (SSSR count). The Morgan fingerprint density at radius 1 is 1.19 bits per heavy atom. The maximum Gasteiger partial charge on any atom is 0.337 e. The Bertz CT molecular complexity index is 1580. The van der Waals surface area contributed by atoms with E-state index in [1.807, 2.05) is 6.92 Å². The fourth-order valence-electron chi connectivity index (χ4n) is 4.37. The Labute approximate surface area is 246 Å². The van der Waals surface area contributed by atoms with E-state index in [1.54, 1.807) is 50.2 Å². The standard InChI is InChI=1S/C29H31N5O9/c1-5-41-24-12-18(27-26(28(36)40-4)17(3)31-29(37)32-27)7-10-23(24)42-15-25(35)33-30-14-20-9-11-22(43-20)21-13-19(34(38)39)8-6-16(21)2/h6-14,25,27,33,35H,5,15H2,1-4H3,(H2,31,32,37)/b30-14-/t25-,27-/m1/s1. The first-order valence-electron chi connectivity index (χ1n) is 13.2. The lowest BCUT2D eigenvalue weighted by atomic mass is 9.95. The van der Waals surface area contributed by atoms with Gasteiger partial charge < -0.3 is 34.4 Å². The summed E-state index contributed by atoms with van der Waals surface area (Å²) < 4.78 is 22.1. The Morgan fingerprint density at radius 3 is 2.70 bits per heavy atom. The van der Waals surface area contributed by atoms with Crippen molar-refractivity contribution in [3.05, 3.63) is 86.8 Å². The van der Waals surface area contributed by atoms with Crippen LogP contribution in [-0.4, -0.2) is 54.8 Å². The van der Waals surface area contributed by atoms with Crippen LogP contribution in [-0.2, 0) is 9.53 Å². The van der Waals surface area contributed by atoms with Gasteiger partial charge in [-0.1, -0.05) is 12.1 Å². The summed E-state index contributed by atoms with van der Waals surface area (Å²) >= 11 is 0. The second-order valence-corrected chi connectivity index (χ2v) is 9.37. The number of hydrogen-bond acceptors (Lipinski definition) is 11. The van der Waals surface area contributed by atoms with Gasteiger partial charge in [0.25, 0.3) is 5.69 Å². The van der Waals surface area contributed by atoms with Crippen LogP contribution < -0.4 is 25.5 Å². The van der Waals surface area contributed by atoms with Gasteiger partial charge in [0.15, 0.2) is 17.7 Å². The number of nitro benzene ring substituents is 1. The Morgan fingerprint density at radius 2 is 1.98 bits per heavy atom. The molecule has 0 aliphatic carbocycles. The van der Waals surface area contributed by atoms with Crippen LogP contribution in [0.15, 0.2) is 69.3 Å². The Balaban J connectivity index is 1.40. The van der Waals surface area contributed by atoms with Gasteiger partial charge in [0.2, 0.25) is 0 Å². The first-order valence-corrected chi connectivity index (χ1v) is 13.2. The number of aliphatic hydroxyl groups is 1. The van der Waals surface area contributed by atoms with E-state index in [9.17, 15) is 24.8 Å². The molecule has 0 saturated heterocycles. The summed E-state index contributed by atoms with van der Waals surface area (Å²) in [6.45, 7) is 5.32. The number of carbonyl (C=O) groups is 2. The van der Waals surface area contributed by atoms with Crippen molar-refractivity contribution in [2.75, 3.05) is 20.3 Å². The molecule has 1 aliphatic heterocycles. The number of nitrogens with one attached hydrogen (secondary N) is 3. The number of amides is 2. The number of rotatable bonds is 12. The van der Waals surface area contributed by atoms with Gasteiger partial charge in [0, 0.05) is 23.4 Å². The van der Waals surface area contributed by atoms with Crippen LogP contribution in [0.1, 0.15) is 36.8 Å². The molecule has 0 unspecified atom stereocenters. The van der Waals surface area contributed by atoms with Gasteiger partial charge in [-0.2, -0.15) is 5.10 Å². The average molecular weight is 594 g/mol. The highest BCUT2D eigenvalue weighted by Crippen LogP contribution is 2.35. The van der Waals surface area contributed by atoms with E-state index < -0.39 is 29.2 Å². The number of nitro groups is 1. The molecule has 1 aliphatic rings. The van der Waals surface area contributed by atoms with Crippen molar-refractivity contribution in [1.29, 1.82) is 0 Å². The zero-order valence-corrected chi connectivity index (χ0v) is 23.9. The lowest BCUT2D eigenvalue weighted by Crippen LogP contribution is -2.45. The summed E-state index contributed by atoms with van der Waals surface area (Å²) in [4.78, 5) is 35.2. The number of methoxy groups -OCH3 is 1. The highest BCUT2D eigenvalue weighted by Gasteiger charge is 2.32.